The lowest BCUT2D eigenvalue weighted by Gasteiger charge is -2.17. The Hall–Kier alpha value is -1.11. The molecule has 0 spiro atoms. The van der Waals surface area contributed by atoms with Gasteiger partial charge in [-0.25, -0.2) is 0 Å². The number of nitrogens with one attached hydrogen (secondary N) is 1. The Morgan fingerprint density at radius 1 is 1.33 bits per heavy atom. The molecule has 1 aliphatic rings. The van der Waals surface area contributed by atoms with E-state index in [1.807, 2.05) is 25.1 Å². The van der Waals surface area contributed by atoms with Crippen molar-refractivity contribution in [2.75, 3.05) is 18.8 Å². The van der Waals surface area contributed by atoms with Crippen molar-refractivity contribution < 1.29 is 8.42 Å². The molecule has 1 fully saturated rings. The minimum Gasteiger partial charge on any atom is -0.399 e. The lowest BCUT2D eigenvalue weighted by atomic mass is 10.1. The molecule has 0 aliphatic carbocycles. The van der Waals surface area contributed by atoms with Crippen LogP contribution in [0.2, 0.25) is 0 Å². The number of nitrogen functional groups attached to an aromatic ring is 1. The Kier molecular flexibility index (Phi) is 3.89. The minimum absolute atomic E-state index is 0.287. The number of hydrogen-bond acceptors (Lipinski definition) is 3. The molecule has 0 amide bonds. The maximum atomic E-state index is 12.0. The van der Waals surface area contributed by atoms with Crippen LogP contribution < -0.4 is 10.5 Å². The molecular formula is C12H19N3O2S. The zero-order valence-electron chi connectivity index (χ0n) is 10.5. The zero-order valence-corrected chi connectivity index (χ0v) is 11.3. The van der Waals surface area contributed by atoms with Crippen LogP contribution >= 0.6 is 0 Å². The summed E-state index contributed by atoms with van der Waals surface area (Å²) in [6, 6.07) is 5.54. The average molecular weight is 269 g/mol. The summed E-state index contributed by atoms with van der Waals surface area (Å²) in [5.74, 6) is 0. The molecule has 1 saturated heterocycles. The Morgan fingerprint density at radius 3 is 2.67 bits per heavy atom. The number of nitrogens with zero attached hydrogens (tertiary/aromatic N) is 1. The summed E-state index contributed by atoms with van der Waals surface area (Å²) >= 11 is 0. The molecule has 1 aromatic carbocycles. The van der Waals surface area contributed by atoms with Gasteiger partial charge in [0.2, 0.25) is 0 Å². The maximum absolute atomic E-state index is 12.0. The lowest BCUT2D eigenvalue weighted by molar-refractivity contribution is 0.464. The average Bonchev–Trinajstić information content (AvgIpc) is 2.85. The van der Waals surface area contributed by atoms with Crippen molar-refractivity contribution in [3.8, 4) is 0 Å². The summed E-state index contributed by atoms with van der Waals surface area (Å²) in [6.45, 7) is 3.42. The van der Waals surface area contributed by atoms with E-state index in [9.17, 15) is 8.42 Å². The van der Waals surface area contributed by atoms with Gasteiger partial charge in [0, 0.05) is 25.3 Å². The first kappa shape index (κ1) is 13.3. The van der Waals surface area contributed by atoms with Crippen LogP contribution in [0, 0.1) is 6.92 Å². The second-order valence-corrected chi connectivity index (χ2v) is 6.32. The molecule has 3 N–H and O–H groups in total. The summed E-state index contributed by atoms with van der Waals surface area (Å²) < 4.78 is 28.1. The van der Waals surface area contributed by atoms with E-state index in [-0.39, 0.29) is 6.54 Å². The highest BCUT2D eigenvalue weighted by atomic mass is 32.2. The van der Waals surface area contributed by atoms with Gasteiger partial charge in [0.05, 0.1) is 0 Å². The summed E-state index contributed by atoms with van der Waals surface area (Å²) in [4.78, 5) is 0. The van der Waals surface area contributed by atoms with Gasteiger partial charge < -0.3 is 5.73 Å². The SMILES string of the molecule is Cc1c(N)cccc1CNS(=O)(=O)N1CCCC1. The molecule has 6 heteroatoms. The molecule has 18 heavy (non-hydrogen) atoms. The number of rotatable bonds is 4. The molecule has 0 bridgehead atoms. The van der Waals surface area contributed by atoms with E-state index in [0.29, 0.717) is 18.8 Å². The fraction of sp³-hybridized carbons (Fsp3) is 0.500. The highest BCUT2D eigenvalue weighted by Crippen LogP contribution is 2.16. The maximum Gasteiger partial charge on any atom is 0.279 e. The van der Waals surface area contributed by atoms with Gasteiger partial charge in [-0.2, -0.15) is 17.4 Å². The first-order valence-corrected chi connectivity index (χ1v) is 7.53. The third-order valence-electron chi connectivity index (χ3n) is 3.34. The second kappa shape index (κ2) is 5.26. The van der Waals surface area contributed by atoms with Crippen molar-refractivity contribution in [2.45, 2.75) is 26.3 Å². The molecule has 0 unspecified atom stereocenters. The first-order chi connectivity index (χ1) is 8.50. The molecule has 0 saturated carbocycles. The van der Waals surface area contributed by atoms with E-state index in [1.54, 1.807) is 0 Å². The van der Waals surface area contributed by atoms with Gasteiger partial charge in [0.1, 0.15) is 0 Å². The Balaban J connectivity index is 2.05. The smallest absolute Gasteiger partial charge is 0.279 e. The third-order valence-corrected chi connectivity index (χ3v) is 4.89. The monoisotopic (exact) mass is 269 g/mol. The summed E-state index contributed by atoms with van der Waals surface area (Å²) in [7, 11) is -3.35. The van der Waals surface area contributed by atoms with E-state index in [1.165, 1.54) is 4.31 Å². The molecule has 0 atom stereocenters. The number of benzene rings is 1. The molecular weight excluding hydrogens is 250 g/mol. The lowest BCUT2D eigenvalue weighted by Crippen LogP contribution is -2.38. The van der Waals surface area contributed by atoms with E-state index >= 15 is 0 Å². The van der Waals surface area contributed by atoms with Crippen LogP contribution in [0.25, 0.3) is 0 Å². The van der Waals surface area contributed by atoms with Crippen molar-refractivity contribution in [3.63, 3.8) is 0 Å². The third kappa shape index (κ3) is 2.82. The number of nitrogens with two attached hydrogens (primary N) is 1. The van der Waals surface area contributed by atoms with Crippen molar-refractivity contribution >= 4 is 15.9 Å². The fourth-order valence-electron chi connectivity index (χ4n) is 2.08. The van der Waals surface area contributed by atoms with E-state index in [0.717, 1.165) is 24.0 Å². The van der Waals surface area contributed by atoms with Crippen molar-refractivity contribution in [1.29, 1.82) is 0 Å². The Morgan fingerprint density at radius 2 is 2.00 bits per heavy atom. The Labute approximate surface area is 108 Å². The molecule has 5 nitrogen and oxygen atoms in total. The van der Waals surface area contributed by atoms with Crippen LogP contribution in [0.4, 0.5) is 5.69 Å². The number of hydrogen-bond donors (Lipinski definition) is 2. The first-order valence-electron chi connectivity index (χ1n) is 6.09. The van der Waals surface area contributed by atoms with Gasteiger partial charge in [0.15, 0.2) is 0 Å². The van der Waals surface area contributed by atoms with Gasteiger partial charge in [0.25, 0.3) is 10.2 Å². The van der Waals surface area contributed by atoms with Crippen molar-refractivity contribution in [3.05, 3.63) is 29.3 Å². The summed E-state index contributed by atoms with van der Waals surface area (Å²) in [5, 5.41) is 0. The standard InChI is InChI=1S/C12H19N3O2S/c1-10-11(5-4-6-12(10)13)9-14-18(16,17)15-7-2-3-8-15/h4-6,14H,2-3,7-9,13H2,1H3. The summed E-state index contributed by atoms with van der Waals surface area (Å²) in [5.41, 5.74) is 8.33. The van der Waals surface area contributed by atoms with Crippen LogP contribution in [0.1, 0.15) is 24.0 Å². The number of anilines is 1. The quantitative estimate of drug-likeness (QED) is 0.801. The largest absolute Gasteiger partial charge is 0.399 e. The van der Waals surface area contributed by atoms with Gasteiger partial charge in [-0.3, -0.25) is 0 Å². The van der Waals surface area contributed by atoms with Crippen LogP contribution in [0.15, 0.2) is 18.2 Å². The minimum atomic E-state index is -3.35. The zero-order chi connectivity index (χ0) is 13.2. The predicted molar refractivity (Wildman–Crippen MR) is 72.2 cm³/mol. The van der Waals surface area contributed by atoms with Crippen LogP contribution in [-0.2, 0) is 16.8 Å². The normalized spacial score (nSPS) is 17.2. The molecule has 0 radical (unpaired) electrons. The van der Waals surface area contributed by atoms with Crippen LogP contribution in [0.3, 0.4) is 0 Å². The van der Waals surface area contributed by atoms with E-state index < -0.39 is 10.2 Å². The van der Waals surface area contributed by atoms with E-state index in [4.69, 9.17) is 5.73 Å². The van der Waals surface area contributed by atoms with Gasteiger partial charge >= 0.3 is 0 Å². The van der Waals surface area contributed by atoms with Gasteiger partial charge in [-0.15, -0.1) is 0 Å². The van der Waals surface area contributed by atoms with Crippen molar-refractivity contribution in [1.82, 2.24) is 9.03 Å². The molecule has 1 aliphatic heterocycles. The fourth-order valence-corrected chi connectivity index (χ4v) is 3.34. The van der Waals surface area contributed by atoms with Gasteiger partial charge in [-0.05, 0) is 37.0 Å². The highest BCUT2D eigenvalue weighted by molar-refractivity contribution is 7.87. The predicted octanol–water partition coefficient (Wildman–Crippen LogP) is 1.01. The van der Waals surface area contributed by atoms with Gasteiger partial charge in [-0.1, -0.05) is 12.1 Å². The molecule has 0 aromatic heterocycles. The molecule has 1 heterocycles. The van der Waals surface area contributed by atoms with Crippen LogP contribution in [-0.4, -0.2) is 25.8 Å². The molecule has 100 valence electrons. The molecule has 1 aromatic rings. The van der Waals surface area contributed by atoms with E-state index in [2.05, 4.69) is 4.72 Å². The highest BCUT2D eigenvalue weighted by Gasteiger charge is 2.24. The second-order valence-electron chi connectivity index (χ2n) is 4.56. The van der Waals surface area contributed by atoms with Crippen LogP contribution in [0.5, 0.6) is 0 Å². The molecule has 2 rings (SSSR count). The topological polar surface area (TPSA) is 75.4 Å². The summed E-state index contributed by atoms with van der Waals surface area (Å²) in [6.07, 6.45) is 1.89. The van der Waals surface area contributed by atoms with Crippen molar-refractivity contribution in [2.24, 2.45) is 0 Å². The Bertz CT molecular complexity index is 522.